The first-order chi connectivity index (χ1) is 8.11. The first kappa shape index (κ1) is 11.9. The molecule has 92 valence electrons. The molecule has 0 aromatic carbocycles. The van der Waals surface area contributed by atoms with Gasteiger partial charge in [0.2, 0.25) is 0 Å². The van der Waals surface area contributed by atoms with Crippen molar-refractivity contribution in [2.75, 3.05) is 12.4 Å². The van der Waals surface area contributed by atoms with Crippen LogP contribution in [-0.2, 0) is 0 Å². The number of nitrogens with zero attached hydrogens (tertiary/aromatic N) is 2. The average Bonchev–Trinajstić information content (AvgIpc) is 2.76. The topological polar surface area (TPSA) is 29.9 Å². The largest absolute Gasteiger partial charge is 0.372 e. The van der Waals surface area contributed by atoms with Gasteiger partial charge in [-0.25, -0.2) is 9.07 Å². The van der Waals surface area contributed by atoms with Crippen molar-refractivity contribution in [1.29, 1.82) is 0 Å². The van der Waals surface area contributed by atoms with Gasteiger partial charge in [-0.3, -0.25) is 0 Å². The normalized spacial score (nSPS) is 23.9. The van der Waals surface area contributed by atoms with Crippen LogP contribution in [0.2, 0.25) is 0 Å². The molecule has 0 saturated heterocycles. The zero-order chi connectivity index (χ0) is 12.4. The summed E-state index contributed by atoms with van der Waals surface area (Å²) in [6.45, 7) is 4.07. The second-order valence-electron chi connectivity index (χ2n) is 4.61. The fraction of sp³-hybridized carbons (Fsp3) is 0.462. The van der Waals surface area contributed by atoms with Crippen LogP contribution >= 0.6 is 0 Å². The van der Waals surface area contributed by atoms with Crippen LogP contribution in [-0.4, -0.2) is 23.0 Å². The molecule has 0 amide bonds. The summed E-state index contributed by atoms with van der Waals surface area (Å²) in [6, 6.07) is 1.86. The second kappa shape index (κ2) is 4.73. The Labute approximate surface area is 101 Å². The van der Waals surface area contributed by atoms with Gasteiger partial charge in [0.25, 0.3) is 0 Å². The third-order valence-corrected chi connectivity index (χ3v) is 3.07. The van der Waals surface area contributed by atoms with Crippen molar-refractivity contribution in [3.05, 3.63) is 30.5 Å². The Morgan fingerprint density at radius 3 is 2.76 bits per heavy atom. The number of allylic oxidation sites excluding steroid dienone is 4. The minimum atomic E-state index is -0.933. The monoisotopic (exact) mass is 235 g/mol. The minimum Gasteiger partial charge on any atom is -0.372 e. The summed E-state index contributed by atoms with van der Waals surface area (Å²) >= 11 is 0. The smallest absolute Gasteiger partial charge is 0.148 e. The molecule has 1 aromatic rings. The van der Waals surface area contributed by atoms with E-state index in [0.717, 1.165) is 11.5 Å². The Morgan fingerprint density at radius 1 is 1.47 bits per heavy atom. The molecule has 0 fully saturated rings. The number of alkyl halides is 1. The molecule has 1 heterocycles. The molecule has 17 heavy (non-hydrogen) atoms. The molecule has 0 spiro atoms. The molecule has 0 radical (unpaired) electrons. The molecule has 3 nitrogen and oxygen atoms in total. The van der Waals surface area contributed by atoms with Gasteiger partial charge in [0.1, 0.15) is 12.0 Å². The quantitative estimate of drug-likeness (QED) is 0.873. The lowest BCUT2D eigenvalue weighted by molar-refractivity contribution is 0.266. The molecule has 2 unspecified atom stereocenters. The van der Waals surface area contributed by atoms with Crippen molar-refractivity contribution in [2.45, 2.75) is 20.0 Å². The summed E-state index contributed by atoms with van der Waals surface area (Å²) in [5, 5.41) is 7.22. The van der Waals surface area contributed by atoms with Crippen molar-refractivity contribution in [2.24, 2.45) is 11.8 Å². The molecule has 0 bridgehead atoms. The highest BCUT2D eigenvalue weighted by molar-refractivity contribution is 5.59. The van der Waals surface area contributed by atoms with E-state index >= 15 is 0 Å². The Balaban J connectivity index is 2.19. The molecule has 0 saturated carbocycles. The molecular weight excluding hydrogens is 217 g/mol. The van der Waals surface area contributed by atoms with Gasteiger partial charge in [-0.2, -0.15) is 5.10 Å². The number of hydrogen-bond donors (Lipinski definition) is 1. The number of hydrogen-bond acceptors (Lipinski definition) is 2. The fourth-order valence-corrected chi connectivity index (χ4v) is 1.99. The Bertz CT molecular complexity index is 445. The van der Waals surface area contributed by atoms with E-state index in [4.69, 9.17) is 0 Å². The van der Waals surface area contributed by atoms with E-state index in [1.54, 1.807) is 10.8 Å². The van der Waals surface area contributed by atoms with Crippen molar-refractivity contribution in [1.82, 2.24) is 9.78 Å². The molecule has 1 aliphatic carbocycles. The summed E-state index contributed by atoms with van der Waals surface area (Å²) in [5.74, 6) is 1.06. The molecule has 1 N–H and O–H groups in total. The van der Waals surface area contributed by atoms with Crippen LogP contribution < -0.4 is 5.32 Å². The number of halogens is 1. The maximum atomic E-state index is 13.9. The average molecular weight is 235 g/mol. The molecule has 4 heteroatoms. The van der Waals surface area contributed by atoms with Crippen molar-refractivity contribution < 1.29 is 4.39 Å². The van der Waals surface area contributed by atoms with Gasteiger partial charge in [0.05, 0.1) is 5.70 Å². The van der Waals surface area contributed by atoms with Gasteiger partial charge >= 0.3 is 0 Å². The highest BCUT2D eigenvalue weighted by Crippen LogP contribution is 2.27. The van der Waals surface area contributed by atoms with Crippen LogP contribution in [0.15, 0.2) is 30.5 Å². The summed E-state index contributed by atoms with van der Waals surface area (Å²) in [5.41, 5.74) is 0.788. The summed E-state index contributed by atoms with van der Waals surface area (Å²) in [4.78, 5) is 0. The summed E-state index contributed by atoms with van der Waals surface area (Å²) in [6.07, 6.45) is 6.40. The van der Waals surface area contributed by atoms with Crippen LogP contribution in [0.4, 0.5) is 10.2 Å². The van der Waals surface area contributed by atoms with Gasteiger partial charge in [-0.1, -0.05) is 19.9 Å². The predicted octanol–water partition coefficient (Wildman–Crippen LogP) is 2.95. The number of rotatable bonds is 3. The number of nitrogens with one attached hydrogen (secondary N) is 1. The number of aromatic nitrogens is 2. The van der Waals surface area contributed by atoms with Crippen molar-refractivity contribution >= 4 is 11.5 Å². The molecule has 0 aliphatic heterocycles. The lowest BCUT2D eigenvalue weighted by Crippen LogP contribution is -2.21. The standard InChI is InChI=1S/C13H18FN3/c1-9(2)11-5-4-10(8-12(11)14)17-7-6-13(15-3)16-17/h4-9,11-12H,1-3H3,(H,15,16). The highest BCUT2D eigenvalue weighted by atomic mass is 19.1. The van der Waals surface area contributed by atoms with E-state index < -0.39 is 6.17 Å². The van der Waals surface area contributed by atoms with Crippen LogP contribution in [0, 0.1) is 11.8 Å². The Kier molecular flexibility index (Phi) is 3.31. The molecule has 2 rings (SSSR count). The van der Waals surface area contributed by atoms with Gasteiger partial charge in [0.15, 0.2) is 0 Å². The van der Waals surface area contributed by atoms with Gasteiger partial charge in [-0.15, -0.1) is 0 Å². The lowest BCUT2D eigenvalue weighted by atomic mass is 9.87. The van der Waals surface area contributed by atoms with Crippen molar-refractivity contribution in [3.8, 4) is 0 Å². The van der Waals surface area contributed by atoms with Crippen LogP contribution in [0.3, 0.4) is 0 Å². The van der Waals surface area contributed by atoms with E-state index in [0.29, 0.717) is 5.92 Å². The summed E-state index contributed by atoms with van der Waals surface area (Å²) < 4.78 is 15.6. The Morgan fingerprint density at radius 2 is 2.24 bits per heavy atom. The van der Waals surface area contributed by atoms with Gasteiger partial charge in [-0.05, 0) is 18.1 Å². The fourth-order valence-electron chi connectivity index (χ4n) is 1.99. The van der Waals surface area contributed by atoms with E-state index in [1.807, 2.05) is 45.3 Å². The van der Waals surface area contributed by atoms with E-state index in [2.05, 4.69) is 10.4 Å². The van der Waals surface area contributed by atoms with Crippen LogP contribution in [0.25, 0.3) is 5.70 Å². The third kappa shape index (κ3) is 2.40. The Hall–Kier alpha value is -1.58. The zero-order valence-electron chi connectivity index (χ0n) is 10.4. The first-order valence-electron chi connectivity index (χ1n) is 5.89. The molecule has 2 atom stereocenters. The zero-order valence-corrected chi connectivity index (χ0v) is 10.4. The maximum absolute atomic E-state index is 13.9. The first-order valence-corrected chi connectivity index (χ1v) is 5.89. The third-order valence-electron chi connectivity index (χ3n) is 3.07. The van der Waals surface area contributed by atoms with Crippen molar-refractivity contribution in [3.63, 3.8) is 0 Å². The SMILES string of the molecule is CNc1ccn(C2=CC(F)C(C(C)C)C=C2)n1. The van der Waals surface area contributed by atoms with Crippen LogP contribution in [0.5, 0.6) is 0 Å². The number of anilines is 1. The summed E-state index contributed by atoms with van der Waals surface area (Å²) in [7, 11) is 1.81. The van der Waals surface area contributed by atoms with E-state index in [9.17, 15) is 4.39 Å². The second-order valence-corrected chi connectivity index (χ2v) is 4.61. The molecule has 1 aliphatic rings. The molecular formula is C13H18FN3. The van der Waals surface area contributed by atoms with E-state index in [1.165, 1.54) is 0 Å². The minimum absolute atomic E-state index is 0.0296. The predicted molar refractivity (Wildman–Crippen MR) is 68.4 cm³/mol. The van der Waals surface area contributed by atoms with Gasteiger partial charge < -0.3 is 5.32 Å². The van der Waals surface area contributed by atoms with E-state index in [-0.39, 0.29) is 5.92 Å². The molecule has 1 aromatic heterocycles. The van der Waals surface area contributed by atoms with Gasteiger partial charge in [0, 0.05) is 25.2 Å². The van der Waals surface area contributed by atoms with Crippen LogP contribution in [0.1, 0.15) is 13.8 Å². The lowest BCUT2D eigenvalue weighted by Gasteiger charge is -2.23. The maximum Gasteiger partial charge on any atom is 0.148 e. The highest BCUT2D eigenvalue weighted by Gasteiger charge is 2.23.